The van der Waals surface area contributed by atoms with E-state index in [9.17, 15) is 13.6 Å². The number of rotatable bonds is 3. The van der Waals surface area contributed by atoms with Gasteiger partial charge in [0.15, 0.2) is 6.29 Å². The maximum absolute atomic E-state index is 13.5. The smallest absolute Gasteiger partial charge is 0.155 e. The van der Waals surface area contributed by atoms with Crippen molar-refractivity contribution in [3.05, 3.63) is 69.3 Å². The van der Waals surface area contributed by atoms with Crippen LogP contribution in [-0.2, 0) is 0 Å². The molecule has 3 aromatic rings. The molecule has 0 spiro atoms. The monoisotopic (exact) mass is 396 g/mol. The van der Waals surface area contributed by atoms with Crippen LogP contribution in [-0.4, -0.2) is 16.1 Å². The first-order valence-corrected chi connectivity index (χ1v) is 7.63. The molecule has 0 aliphatic heterocycles. The molecule has 0 atom stereocenters. The van der Waals surface area contributed by atoms with Crippen LogP contribution < -0.4 is 0 Å². The summed E-state index contributed by atoms with van der Waals surface area (Å²) in [5, 5.41) is 4.54. The molecule has 0 saturated heterocycles. The molecule has 1 heterocycles. The Bertz CT molecular complexity index is 911. The maximum atomic E-state index is 13.5. The molecular formula is C16H8BrClF2N2O. The first kappa shape index (κ1) is 15.8. The fourth-order valence-electron chi connectivity index (χ4n) is 2.17. The summed E-state index contributed by atoms with van der Waals surface area (Å²) in [5.41, 5.74) is 1.10. The Morgan fingerprint density at radius 1 is 1.13 bits per heavy atom. The average molecular weight is 398 g/mol. The van der Waals surface area contributed by atoms with Gasteiger partial charge in [-0.1, -0.05) is 17.7 Å². The van der Waals surface area contributed by atoms with Gasteiger partial charge in [-0.2, -0.15) is 5.10 Å². The average Bonchev–Trinajstić information content (AvgIpc) is 2.86. The molecule has 0 bridgehead atoms. The van der Waals surface area contributed by atoms with E-state index in [4.69, 9.17) is 11.6 Å². The zero-order valence-electron chi connectivity index (χ0n) is 11.4. The second-order valence-electron chi connectivity index (χ2n) is 4.69. The summed E-state index contributed by atoms with van der Waals surface area (Å²) in [7, 11) is 0. The standard InChI is InChI=1S/C16H8BrClF2N2O/c17-16-13(8-23)15(12-7-10(20)4-5-14(12)18)21-22(16)11-3-1-2-9(19)6-11/h1-8H. The number of aromatic nitrogens is 2. The van der Waals surface area contributed by atoms with Crippen molar-refractivity contribution >= 4 is 33.8 Å². The molecule has 1 aromatic heterocycles. The van der Waals surface area contributed by atoms with E-state index < -0.39 is 11.6 Å². The van der Waals surface area contributed by atoms with Gasteiger partial charge in [-0.3, -0.25) is 4.79 Å². The Balaban J connectivity index is 2.25. The molecule has 116 valence electrons. The predicted octanol–water partition coefficient (Wildman–Crippen LogP) is 5.05. The van der Waals surface area contributed by atoms with Crippen molar-refractivity contribution in [3.63, 3.8) is 0 Å². The number of nitrogens with zero attached hydrogens (tertiary/aromatic N) is 2. The number of hydrogen-bond acceptors (Lipinski definition) is 2. The Hall–Kier alpha value is -2.05. The molecule has 0 N–H and O–H groups in total. The van der Waals surface area contributed by atoms with Gasteiger partial charge in [0.05, 0.1) is 16.3 Å². The third-order valence-electron chi connectivity index (χ3n) is 3.22. The second-order valence-corrected chi connectivity index (χ2v) is 5.85. The third-order valence-corrected chi connectivity index (χ3v) is 4.31. The molecule has 0 saturated carbocycles. The van der Waals surface area contributed by atoms with Crippen molar-refractivity contribution in [2.75, 3.05) is 0 Å². The van der Waals surface area contributed by atoms with Gasteiger partial charge in [-0.15, -0.1) is 0 Å². The highest BCUT2D eigenvalue weighted by atomic mass is 79.9. The Morgan fingerprint density at radius 3 is 2.57 bits per heavy atom. The van der Waals surface area contributed by atoms with Crippen molar-refractivity contribution in [2.24, 2.45) is 0 Å². The third kappa shape index (κ3) is 2.92. The molecule has 3 nitrogen and oxygen atoms in total. The zero-order chi connectivity index (χ0) is 16.6. The van der Waals surface area contributed by atoms with E-state index in [0.29, 0.717) is 16.6 Å². The first-order valence-electron chi connectivity index (χ1n) is 6.46. The van der Waals surface area contributed by atoms with Crippen molar-refractivity contribution in [2.45, 2.75) is 0 Å². The summed E-state index contributed by atoms with van der Waals surface area (Å²) < 4.78 is 28.6. The SMILES string of the molecule is O=Cc1c(-c2cc(F)ccc2Cl)nn(-c2cccc(F)c2)c1Br. The van der Waals surface area contributed by atoms with E-state index in [1.807, 2.05) is 0 Å². The topological polar surface area (TPSA) is 34.9 Å². The van der Waals surface area contributed by atoms with Crippen LogP contribution in [0, 0.1) is 11.6 Å². The highest BCUT2D eigenvalue weighted by molar-refractivity contribution is 9.10. The van der Waals surface area contributed by atoms with Gasteiger partial charge in [0.2, 0.25) is 0 Å². The van der Waals surface area contributed by atoms with Crippen LogP contribution in [0.5, 0.6) is 0 Å². The molecule has 23 heavy (non-hydrogen) atoms. The van der Waals surface area contributed by atoms with E-state index in [0.717, 1.165) is 0 Å². The van der Waals surface area contributed by atoms with Crippen molar-refractivity contribution in [1.82, 2.24) is 9.78 Å². The molecule has 7 heteroatoms. The Kier molecular flexibility index (Phi) is 4.28. The molecule has 0 fully saturated rings. The molecule has 0 aliphatic rings. The van der Waals surface area contributed by atoms with E-state index in [2.05, 4.69) is 21.0 Å². The molecule has 0 radical (unpaired) electrons. The quantitative estimate of drug-likeness (QED) is 0.580. The Morgan fingerprint density at radius 2 is 1.87 bits per heavy atom. The lowest BCUT2D eigenvalue weighted by atomic mass is 10.1. The highest BCUT2D eigenvalue weighted by Gasteiger charge is 2.20. The Labute approximate surface area is 143 Å². The van der Waals surface area contributed by atoms with Crippen molar-refractivity contribution < 1.29 is 13.6 Å². The largest absolute Gasteiger partial charge is 0.298 e. The van der Waals surface area contributed by atoms with Crippen LogP contribution in [0.4, 0.5) is 8.78 Å². The lowest BCUT2D eigenvalue weighted by Gasteiger charge is -2.03. The lowest BCUT2D eigenvalue weighted by molar-refractivity contribution is 0.112. The first-order chi connectivity index (χ1) is 11.0. The van der Waals surface area contributed by atoms with Crippen LogP contribution >= 0.6 is 27.5 Å². The normalized spacial score (nSPS) is 10.8. The lowest BCUT2D eigenvalue weighted by Crippen LogP contribution is -1.97. The molecule has 0 aliphatic carbocycles. The van der Waals surface area contributed by atoms with Crippen LogP contribution in [0.25, 0.3) is 16.9 Å². The van der Waals surface area contributed by atoms with Crippen molar-refractivity contribution in [3.8, 4) is 16.9 Å². The summed E-state index contributed by atoms with van der Waals surface area (Å²) >= 11 is 9.36. The van der Waals surface area contributed by atoms with E-state index in [-0.39, 0.29) is 21.8 Å². The number of carbonyl (C=O) groups excluding carboxylic acids is 1. The summed E-state index contributed by atoms with van der Waals surface area (Å²) in [6.07, 6.45) is 0.587. The number of hydrogen-bond donors (Lipinski definition) is 0. The molecule has 0 amide bonds. The van der Waals surface area contributed by atoms with E-state index in [1.165, 1.54) is 41.1 Å². The molecule has 3 rings (SSSR count). The predicted molar refractivity (Wildman–Crippen MR) is 87.0 cm³/mol. The van der Waals surface area contributed by atoms with Gasteiger partial charge < -0.3 is 0 Å². The van der Waals surface area contributed by atoms with E-state index in [1.54, 1.807) is 6.07 Å². The number of aldehydes is 1. The van der Waals surface area contributed by atoms with Gasteiger partial charge >= 0.3 is 0 Å². The van der Waals surface area contributed by atoms with Crippen LogP contribution in [0.15, 0.2) is 47.1 Å². The minimum atomic E-state index is -0.502. The minimum Gasteiger partial charge on any atom is -0.298 e. The summed E-state index contributed by atoms with van der Waals surface area (Å²) in [4.78, 5) is 11.4. The molecule has 2 aromatic carbocycles. The van der Waals surface area contributed by atoms with Crippen molar-refractivity contribution in [1.29, 1.82) is 0 Å². The van der Waals surface area contributed by atoms with Gasteiger partial charge in [-0.25, -0.2) is 13.5 Å². The number of carbonyl (C=O) groups is 1. The second kappa shape index (κ2) is 6.22. The summed E-state index contributed by atoms with van der Waals surface area (Å²) in [6, 6.07) is 9.51. The highest BCUT2D eigenvalue weighted by Crippen LogP contribution is 2.34. The van der Waals surface area contributed by atoms with Gasteiger partial charge in [-0.05, 0) is 52.3 Å². The fraction of sp³-hybridized carbons (Fsp3) is 0. The van der Waals surface area contributed by atoms with E-state index >= 15 is 0 Å². The van der Waals surface area contributed by atoms with Crippen LogP contribution in [0.1, 0.15) is 10.4 Å². The molecular weight excluding hydrogens is 390 g/mol. The zero-order valence-corrected chi connectivity index (χ0v) is 13.8. The summed E-state index contributed by atoms with van der Waals surface area (Å²) in [5.74, 6) is -0.944. The van der Waals surface area contributed by atoms with Crippen LogP contribution in [0.2, 0.25) is 5.02 Å². The minimum absolute atomic E-state index is 0.196. The fourth-order valence-corrected chi connectivity index (χ4v) is 2.94. The maximum Gasteiger partial charge on any atom is 0.155 e. The van der Waals surface area contributed by atoms with Gasteiger partial charge in [0.1, 0.15) is 21.9 Å². The van der Waals surface area contributed by atoms with Crippen LogP contribution in [0.3, 0.4) is 0 Å². The molecule has 0 unspecified atom stereocenters. The number of halogens is 4. The van der Waals surface area contributed by atoms with Gasteiger partial charge in [0.25, 0.3) is 0 Å². The summed E-state index contributed by atoms with van der Waals surface area (Å²) in [6.45, 7) is 0. The van der Waals surface area contributed by atoms with Gasteiger partial charge in [0, 0.05) is 5.56 Å². The number of benzene rings is 2.